The monoisotopic (exact) mass is 283 g/mol. The van der Waals surface area contributed by atoms with Gasteiger partial charge in [0.2, 0.25) is 0 Å². The second kappa shape index (κ2) is 5.28. The fourth-order valence-corrected chi connectivity index (χ4v) is 2.20. The number of halogens is 3. The molecule has 0 amide bonds. The van der Waals surface area contributed by atoms with Gasteiger partial charge in [-0.2, -0.15) is 18.3 Å². The lowest BCUT2D eigenvalue weighted by Gasteiger charge is -2.10. The van der Waals surface area contributed by atoms with Crippen LogP contribution in [0.4, 0.5) is 13.2 Å². The van der Waals surface area contributed by atoms with E-state index in [1.165, 1.54) is 6.07 Å². The predicted molar refractivity (Wildman–Crippen MR) is 70.1 cm³/mol. The van der Waals surface area contributed by atoms with Crippen molar-refractivity contribution in [1.82, 2.24) is 9.78 Å². The summed E-state index contributed by atoms with van der Waals surface area (Å²) in [7, 11) is 0. The van der Waals surface area contributed by atoms with Crippen LogP contribution in [0.1, 0.15) is 28.1 Å². The van der Waals surface area contributed by atoms with Crippen LogP contribution in [0.3, 0.4) is 0 Å². The van der Waals surface area contributed by atoms with E-state index in [-0.39, 0.29) is 0 Å². The molecule has 0 saturated carbocycles. The summed E-state index contributed by atoms with van der Waals surface area (Å²) in [4.78, 5) is 0. The molecule has 0 radical (unpaired) electrons. The van der Waals surface area contributed by atoms with Gasteiger partial charge < -0.3 is 5.73 Å². The van der Waals surface area contributed by atoms with E-state index in [9.17, 15) is 13.2 Å². The molecule has 6 heteroatoms. The SMILES string of the molecule is Cc1nn(Cc2cccc(C(F)(F)F)c2)c(C)c1CN. The van der Waals surface area contributed by atoms with E-state index in [1.54, 1.807) is 10.7 Å². The Morgan fingerprint density at radius 1 is 1.25 bits per heavy atom. The zero-order chi connectivity index (χ0) is 14.9. The average molecular weight is 283 g/mol. The van der Waals surface area contributed by atoms with Crippen LogP contribution in [0.15, 0.2) is 24.3 Å². The quantitative estimate of drug-likeness (QED) is 0.941. The van der Waals surface area contributed by atoms with Crippen molar-refractivity contribution in [3.05, 3.63) is 52.3 Å². The largest absolute Gasteiger partial charge is 0.416 e. The van der Waals surface area contributed by atoms with Gasteiger partial charge in [-0.15, -0.1) is 0 Å². The van der Waals surface area contributed by atoms with Gasteiger partial charge in [-0.05, 0) is 31.5 Å². The van der Waals surface area contributed by atoms with Crippen LogP contribution in [-0.4, -0.2) is 9.78 Å². The molecule has 0 saturated heterocycles. The summed E-state index contributed by atoms with van der Waals surface area (Å²) in [5, 5.41) is 4.32. The Balaban J connectivity index is 2.31. The van der Waals surface area contributed by atoms with Crippen LogP contribution in [-0.2, 0) is 19.3 Å². The summed E-state index contributed by atoms with van der Waals surface area (Å²) in [6.07, 6.45) is -4.33. The van der Waals surface area contributed by atoms with Gasteiger partial charge in [-0.3, -0.25) is 4.68 Å². The van der Waals surface area contributed by atoms with E-state index in [0.717, 1.165) is 29.1 Å². The first-order valence-corrected chi connectivity index (χ1v) is 6.22. The second-order valence-electron chi connectivity index (χ2n) is 4.71. The number of alkyl halides is 3. The van der Waals surface area contributed by atoms with Crippen molar-refractivity contribution >= 4 is 0 Å². The molecule has 0 aliphatic carbocycles. The molecule has 0 fully saturated rings. The Morgan fingerprint density at radius 3 is 2.50 bits per heavy atom. The average Bonchev–Trinajstić information content (AvgIpc) is 2.63. The standard InChI is InChI=1S/C14H16F3N3/c1-9-13(7-18)10(2)20(19-9)8-11-4-3-5-12(6-11)14(15,16)17/h3-6H,7-8,18H2,1-2H3. The van der Waals surface area contributed by atoms with Gasteiger partial charge in [0.15, 0.2) is 0 Å². The number of benzene rings is 1. The molecular weight excluding hydrogens is 267 g/mol. The van der Waals surface area contributed by atoms with E-state index in [1.807, 2.05) is 13.8 Å². The number of hydrogen-bond donors (Lipinski definition) is 1. The smallest absolute Gasteiger partial charge is 0.326 e. The number of aromatic nitrogens is 2. The number of hydrogen-bond acceptors (Lipinski definition) is 2. The van der Waals surface area contributed by atoms with Crippen molar-refractivity contribution < 1.29 is 13.2 Å². The minimum Gasteiger partial charge on any atom is -0.326 e. The van der Waals surface area contributed by atoms with E-state index in [0.29, 0.717) is 18.7 Å². The molecule has 3 nitrogen and oxygen atoms in total. The second-order valence-corrected chi connectivity index (χ2v) is 4.71. The molecule has 0 unspecified atom stereocenters. The molecule has 1 heterocycles. The summed E-state index contributed by atoms with van der Waals surface area (Å²) in [6.45, 7) is 4.39. The fraction of sp³-hybridized carbons (Fsp3) is 0.357. The maximum atomic E-state index is 12.7. The van der Waals surface area contributed by atoms with Gasteiger partial charge in [0.05, 0.1) is 17.8 Å². The molecule has 2 aromatic rings. The van der Waals surface area contributed by atoms with Crippen molar-refractivity contribution in [3.8, 4) is 0 Å². The Morgan fingerprint density at radius 2 is 1.95 bits per heavy atom. The van der Waals surface area contributed by atoms with Gasteiger partial charge in [0.25, 0.3) is 0 Å². The molecule has 0 bridgehead atoms. The Labute approximate surface area is 115 Å². The molecule has 0 spiro atoms. The summed E-state index contributed by atoms with van der Waals surface area (Å²) in [6, 6.07) is 5.29. The van der Waals surface area contributed by atoms with Crippen molar-refractivity contribution in [3.63, 3.8) is 0 Å². The molecule has 108 valence electrons. The zero-order valence-corrected chi connectivity index (χ0v) is 11.3. The number of nitrogens with zero attached hydrogens (tertiary/aromatic N) is 2. The van der Waals surface area contributed by atoms with E-state index < -0.39 is 11.7 Å². The third-order valence-electron chi connectivity index (χ3n) is 3.32. The predicted octanol–water partition coefficient (Wildman–Crippen LogP) is 3.03. The summed E-state index contributed by atoms with van der Waals surface area (Å²) < 4.78 is 39.7. The number of aryl methyl sites for hydroxylation is 1. The van der Waals surface area contributed by atoms with Crippen molar-refractivity contribution in [1.29, 1.82) is 0 Å². The molecule has 20 heavy (non-hydrogen) atoms. The highest BCUT2D eigenvalue weighted by atomic mass is 19.4. The molecule has 2 rings (SSSR count). The summed E-state index contributed by atoms with van der Waals surface area (Å²) in [5.74, 6) is 0. The third-order valence-corrected chi connectivity index (χ3v) is 3.32. The topological polar surface area (TPSA) is 43.8 Å². The Hall–Kier alpha value is -1.82. The molecule has 0 aliphatic heterocycles. The molecular formula is C14H16F3N3. The van der Waals surface area contributed by atoms with Crippen LogP contribution in [0.5, 0.6) is 0 Å². The lowest BCUT2D eigenvalue weighted by molar-refractivity contribution is -0.137. The van der Waals surface area contributed by atoms with Gasteiger partial charge in [-0.25, -0.2) is 0 Å². The fourth-order valence-electron chi connectivity index (χ4n) is 2.20. The first-order valence-electron chi connectivity index (χ1n) is 6.22. The Kier molecular flexibility index (Phi) is 3.85. The third kappa shape index (κ3) is 2.85. The van der Waals surface area contributed by atoms with Crippen LogP contribution in [0, 0.1) is 13.8 Å². The highest BCUT2D eigenvalue weighted by Gasteiger charge is 2.30. The zero-order valence-electron chi connectivity index (χ0n) is 11.3. The van der Waals surface area contributed by atoms with Crippen LogP contribution >= 0.6 is 0 Å². The van der Waals surface area contributed by atoms with Crippen LogP contribution in [0.2, 0.25) is 0 Å². The minimum absolute atomic E-state index is 0.302. The van der Waals surface area contributed by atoms with Crippen LogP contribution < -0.4 is 5.73 Å². The first-order chi connectivity index (χ1) is 9.32. The van der Waals surface area contributed by atoms with Gasteiger partial charge in [0.1, 0.15) is 0 Å². The van der Waals surface area contributed by atoms with Crippen molar-refractivity contribution in [2.75, 3.05) is 0 Å². The highest BCUT2D eigenvalue weighted by molar-refractivity contribution is 5.28. The van der Waals surface area contributed by atoms with E-state index >= 15 is 0 Å². The van der Waals surface area contributed by atoms with E-state index in [2.05, 4.69) is 5.10 Å². The Bertz CT molecular complexity index is 615. The normalized spacial score (nSPS) is 11.9. The summed E-state index contributed by atoms with van der Waals surface area (Å²) in [5.41, 5.74) is 8.21. The molecule has 1 aromatic heterocycles. The lowest BCUT2D eigenvalue weighted by atomic mass is 10.1. The van der Waals surface area contributed by atoms with Crippen molar-refractivity contribution in [2.45, 2.75) is 33.1 Å². The van der Waals surface area contributed by atoms with Gasteiger partial charge in [-0.1, -0.05) is 12.1 Å². The van der Waals surface area contributed by atoms with Gasteiger partial charge >= 0.3 is 6.18 Å². The highest BCUT2D eigenvalue weighted by Crippen LogP contribution is 2.29. The van der Waals surface area contributed by atoms with Crippen LogP contribution in [0.25, 0.3) is 0 Å². The maximum absolute atomic E-state index is 12.7. The van der Waals surface area contributed by atoms with Crippen molar-refractivity contribution in [2.24, 2.45) is 5.73 Å². The minimum atomic E-state index is -4.33. The number of rotatable bonds is 3. The molecule has 1 aromatic carbocycles. The van der Waals surface area contributed by atoms with Gasteiger partial charge in [0, 0.05) is 17.8 Å². The lowest BCUT2D eigenvalue weighted by Crippen LogP contribution is -2.08. The number of nitrogens with two attached hydrogens (primary N) is 1. The molecule has 2 N–H and O–H groups in total. The van der Waals surface area contributed by atoms with E-state index in [4.69, 9.17) is 5.73 Å². The first kappa shape index (κ1) is 14.6. The molecule has 0 aliphatic rings. The molecule has 0 atom stereocenters. The maximum Gasteiger partial charge on any atom is 0.416 e. The summed E-state index contributed by atoms with van der Waals surface area (Å²) >= 11 is 0.